The second-order valence-corrected chi connectivity index (χ2v) is 6.71. The maximum absolute atomic E-state index is 12.0. The number of hydrogen-bond acceptors (Lipinski definition) is 4. The van der Waals surface area contributed by atoms with E-state index in [1.54, 1.807) is 0 Å². The van der Waals surface area contributed by atoms with E-state index in [1.807, 2.05) is 24.3 Å². The van der Waals surface area contributed by atoms with Crippen molar-refractivity contribution in [3.05, 3.63) is 39.9 Å². The summed E-state index contributed by atoms with van der Waals surface area (Å²) in [6.45, 7) is 4.40. The Morgan fingerprint density at radius 3 is 2.26 bits per heavy atom. The first-order chi connectivity index (χ1) is 11.0. The third-order valence-corrected chi connectivity index (χ3v) is 5.18. The average Bonchev–Trinajstić information content (AvgIpc) is 2.74. The van der Waals surface area contributed by atoms with Gasteiger partial charge in [0.1, 0.15) is 5.03 Å². The van der Waals surface area contributed by atoms with E-state index in [9.17, 15) is 9.90 Å². The van der Waals surface area contributed by atoms with E-state index < -0.39 is 12.1 Å². The summed E-state index contributed by atoms with van der Waals surface area (Å²) < 4.78 is 0. The molecular weight excluding hydrogens is 337 g/mol. The number of likely N-dealkylation sites (N-methyl/N-ethyl adjacent to an activating group) is 1. The maximum atomic E-state index is 12.0. The van der Waals surface area contributed by atoms with E-state index in [-0.39, 0.29) is 16.6 Å². The first-order valence-electron chi connectivity index (χ1n) is 7.54. The van der Waals surface area contributed by atoms with E-state index in [2.05, 4.69) is 16.8 Å². The molecule has 7 heteroatoms. The van der Waals surface area contributed by atoms with Crippen molar-refractivity contribution in [1.29, 1.82) is 0 Å². The largest absolute Gasteiger partial charge is 0.369 e. The van der Waals surface area contributed by atoms with Gasteiger partial charge in [0.25, 0.3) is 5.91 Å². The van der Waals surface area contributed by atoms with Crippen LogP contribution in [0.4, 0.5) is 5.69 Å². The van der Waals surface area contributed by atoms with Crippen LogP contribution in [0.1, 0.15) is 5.56 Å². The first-order valence-corrected chi connectivity index (χ1v) is 8.29. The standard InChI is InChI=1S/C16H19Cl2N3O2/c1-19-6-8-20(9-7-19)12-4-2-11(3-5-12)10-21-15(22)13(17)14(18)16(21)23/h2-5,15,22H,6-10H2,1H3. The molecule has 5 nitrogen and oxygen atoms in total. The lowest BCUT2D eigenvalue weighted by molar-refractivity contribution is -0.132. The SMILES string of the molecule is CN1CCN(c2ccc(CN3C(=O)C(Cl)=C(Cl)C3O)cc2)CC1. The van der Waals surface area contributed by atoms with E-state index >= 15 is 0 Å². The summed E-state index contributed by atoms with van der Waals surface area (Å²) in [5.74, 6) is -0.438. The number of halogens is 2. The zero-order valence-electron chi connectivity index (χ0n) is 12.9. The van der Waals surface area contributed by atoms with Crippen molar-refractivity contribution in [1.82, 2.24) is 9.80 Å². The Hall–Kier alpha value is -1.27. The van der Waals surface area contributed by atoms with Crippen LogP contribution >= 0.6 is 23.2 Å². The third kappa shape index (κ3) is 3.33. The van der Waals surface area contributed by atoms with Crippen LogP contribution in [0.5, 0.6) is 0 Å². The van der Waals surface area contributed by atoms with Crippen LogP contribution in [-0.4, -0.2) is 60.3 Å². The Labute approximate surface area is 145 Å². The molecule has 1 unspecified atom stereocenters. The summed E-state index contributed by atoms with van der Waals surface area (Å²) in [5.41, 5.74) is 2.09. The number of hydrogen-bond donors (Lipinski definition) is 1. The fourth-order valence-corrected chi connectivity index (χ4v) is 3.23. The molecule has 3 rings (SSSR count). The van der Waals surface area contributed by atoms with Crippen molar-refractivity contribution in [2.45, 2.75) is 12.8 Å². The molecular formula is C16H19Cl2N3O2. The zero-order chi connectivity index (χ0) is 16.6. The molecule has 0 spiro atoms. The number of amides is 1. The number of aliphatic hydroxyl groups excluding tert-OH is 1. The minimum absolute atomic E-state index is 0.00859. The van der Waals surface area contributed by atoms with Crippen LogP contribution in [0.15, 0.2) is 34.3 Å². The van der Waals surface area contributed by atoms with Gasteiger partial charge >= 0.3 is 0 Å². The summed E-state index contributed by atoms with van der Waals surface area (Å²) in [6, 6.07) is 8.02. The minimum atomic E-state index is -1.16. The molecule has 124 valence electrons. The number of anilines is 1. The Bertz CT molecular complexity index is 625. The second-order valence-electron chi connectivity index (χ2n) is 5.93. The lowest BCUT2D eigenvalue weighted by Gasteiger charge is -2.34. The maximum Gasteiger partial charge on any atom is 0.269 e. The molecule has 2 heterocycles. The van der Waals surface area contributed by atoms with Crippen LogP contribution in [-0.2, 0) is 11.3 Å². The zero-order valence-corrected chi connectivity index (χ0v) is 14.4. The van der Waals surface area contributed by atoms with Crippen LogP contribution in [0.3, 0.4) is 0 Å². The van der Waals surface area contributed by atoms with Gasteiger partial charge in [-0.1, -0.05) is 35.3 Å². The molecule has 1 amide bonds. The Morgan fingerprint density at radius 1 is 1.13 bits per heavy atom. The Morgan fingerprint density at radius 2 is 1.74 bits per heavy atom. The molecule has 1 aromatic rings. The fourth-order valence-electron chi connectivity index (χ4n) is 2.82. The summed E-state index contributed by atoms with van der Waals surface area (Å²) >= 11 is 11.6. The van der Waals surface area contributed by atoms with Gasteiger partial charge in [0, 0.05) is 38.4 Å². The van der Waals surface area contributed by atoms with Crippen LogP contribution < -0.4 is 4.90 Å². The molecule has 1 aromatic carbocycles. The minimum Gasteiger partial charge on any atom is -0.369 e. The second kappa shape index (κ2) is 6.69. The average molecular weight is 356 g/mol. The quantitative estimate of drug-likeness (QED) is 0.897. The topological polar surface area (TPSA) is 47.0 Å². The lowest BCUT2D eigenvalue weighted by atomic mass is 10.1. The van der Waals surface area contributed by atoms with Crippen molar-refractivity contribution in [3.63, 3.8) is 0 Å². The van der Waals surface area contributed by atoms with Crippen LogP contribution in [0, 0.1) is 0 Å². The van der Waals surface area contributed by atoms with Gasteiger partial charge in [0.05, 0.1) is 5.03 Å². The van der Waals surface area contributed by atoms with E-state index in [1.165, 1.54) is 10.6 Å². The molecule has 0 saturated carbocycles. The first kappa shape index (κ1) is 16.6. The fraction of sp³-hybridized carbons (Fsp3) is 0.438. The number of nitrogens with zero attached hydrogens (tertiary/aromatic N) is 3. The van der Waals surface area contributed by atoms with Gasteiger partial charge in [0.2, 0.25) is 0 Å². The predicted molar refractivity (Wildman–Crippen MR) is 91.4 cm³/mol. The highest BCUT2D eigenvalue weighted by Gasteiger charge is 2.36. The van der Waals surface area contributed by atoms with Gasteiger partial charge in [-0.15, -0.1) is 0 Å². The molecule has 0 bridgehead atoms. The molecule has 1 atom stereocenters. The lowest BCUT2D eigenvalue weighted by Crippen LogP contribution is -2.44. The van der Waals surface area contributed by atoms with Gasteiger partial charge in [-0.05, 0) is 24.7 Å². The highest BCUT2D eigenvalue weighted by atomic mass is 35.5. The molecule has 0 aliphatic carbocycles. The van der Waals surface area contributed by atoms with E-state index in [4.69, 9.17) is 23.2 Å². The highest BCUT2D eigenvalue weighted by molar-refractivity contribution is 6.49. The molecule has 2 aliphatic rings. The summed E-state index contributed by atoms with van der Waals surface area (Å²) in [4.78, 5) is 17.9. The smallest absolute Gasteiger partial charge is 0.269 e. The van der Waals surface area contributed by atoms with Crippen molar-refractivity contribution in [2.75, 3.05) is 38.1 Å². The molecule has 0 radical (unpaired) electrons. The Balaban J connectivity index is 1.66. The van der Waals surface area contributed by atoms with Gasteiger partial charge in [-0.25, -0.2) is 0 Å². The van der Waals surface area contributed by atoms with Gasteiger partial charge in [-0.2, -0.15) is 0 Å². The summed E-state index contributed by atoms with van der Waals surface area (Å²) in [6.07, 6.45) is -1.16. The number of carbonyl (C=O) groups is 1. The molecule has 1 saturated heterocycles. The van der Waals surface area contributed by atoms with Gasteiger partial charge in [0.15, 0.2) is 6.23 Å². The molecule has 23 heavy (non-hydrogen) atoms. The Kier molecular flexibility index (Phi) is 4.82. The molecule has 1 N–H and O–H groups in total. The number of carbonyl (C=O) groups excluding carboxylic acids is 1. The summed E-state index contributed by atoms with van der Waals surface area (Å²) in [5, 5.41) is 9.85. The van der Waals surface area contributed by atoms with Crippen molar-refractivity contribution in [3.8, 4) is 0 Å². The van der Waals surface area contributed by atoms with E-state index in [0.717, 1.165) is 31.7 Å². The number of rotatable bonds is 3. The molecule has 2 aliphatic heterocycles. The number of piperazine rings is 1. The predicted octanol–water partition coefficient (Wildman–Crippen LogP) is 1.79. The van der Waals surface area contributed by atoms with E-state index in [0.29, 0.717) is 0 Å². The normalized spacial score (nSPS) is 23.1. The monoisotopic (exact) mass is 355 g/mol. The van der Waals surface area contributed by atoms with Crippen LogP contribution in [0.25, 0.3) is 0 Å². The third-order valence-electron chi connectivity index (χ3n) is 4.34. The highest BCUT2D eigenvalue weighted by Crippen LogP contribution is 2.31. The summed E-state index contributed by atoms with van der Waals surface area (Å²) in [7, 11) is 2.13. The van der Waals surface area contributed by atoms with Gasteiger partial charge in [-0.3, -0.25) is 4.79 Å². The van der Waals surface area contributed by atoms with Crippen molar-refractivity contribution >= 4 is 34.8 Å². The van der Waals surface area contributed by atoms with Crippen molar-refractivity contribution < 1.29 is 9.90 Å². The van der Waals surface area contributed by atoms with Crippen molar-refractivity contribution in [2.24, 2.45) is 0 Å². The number of aliphatic hydroxyl groups is 1. The number of benzene rings is 1. The molecule has 1 fully saturated rings. The molecule has 0 aromatic heterocycles. The van der Waals surface area contributed by atoms with Crippen LogP contribution in [0.2, 0.25) is 0 Å². The van der Waals surface area contributed by atoms with Gasteiger partial charge < -0.3 is 19.8 Å².